The number of amides is 1. The molecule has 3 N–H and O–H groups in total. The lowest BCUT2D eigenvalue weighted by Crippen LogP contribution is -2.25. The van der Waals surface area contributed by atoms with Crippen LogP contribution in [0.25, 0.3) is 0 Å². The van der Waals surface area contributed by atoms with Crippen molar-refractivity contribution in [1.29, 1.82) is 0 Å². The van der Waals surface area contributed by atoms with E-state index in [9.17, 15) is 4.79 Å². The van der Waals surface area contributed by atoms with Gasteiger partial charge in [0.05, 0.1) is 12.3 Å². The van der Waals surface area contributed by atoms with Crippen molar-refractivity contribution in [2.75, 3.05) is 12.3 Å². The fraction of sp³-hybridized carbons (Fsp3) is 0.562. The Kier molecular flexibility index (Phi) is 5.27. The second-order valence-electron chi connectivity index (χ2n) is 5.41. The molecule has 110 valence electrons. The molecule has 4 heteroatoms. The number of rotatable bonds is 8. The highest BCUT2D eigenvalue weighted by Crippen LogP contribution is 2.24. The van der Waals surface area contributed by atoms with E-state index in [0.29, 0.717) is 29.6 Å². The van der Waals surface area contributed by atoms with Crippen LogP contribution in [0.5, 0.6) is 5.75 Å². The Labute approximate surface area is 120 Å². The molecule has 0 spiro atoms. The number of nitrogens with two attached hydrogens (primary N) is 1. The summed E-state index contributed by atoms with van der Waals surface area (Å²) in [6.45, 7) is 2.83. The molecule has 0 heterocycles. The average Bonchev–Trinajstić information content (AvgIpc) is 3.24. The first-order valence-electron chi connectivity index (χ1n) is 7.54. The Morgan fingerprint density at radius 2 is 2.15 bits per heavy atom. The fourth-order valence-corrected chi connectivity index (χ4v) is 2.01. The van der Waals surface area contributed by atoms with E-state index in [4.69, 9.17) is 10.5 Å². The van der Waals surface area contributed by atoms with Gasteiger partial charge in [0.15, 0.2) is 0 Å². The van der Waals surface area contributed by atoms with E-state index < -0.39 is 0 Å². The van der Waals surface area contributed by atoms with Crippen LogP contribution in [0.4, 0.5) is 5.69 Å². The summed E-state index contributed by atoms with van der Waals surface area (Å²) in [5.41, 5.74) is 7.09. The summed E-state index contributed by atoms with van der Waals surface area (Å²) in [5.74, 6) is 0.577. The smallest absolute Gasteiger partial charge is 0.251 e. The zero-order valence-corrected chi connectivity index (χ0v) is 12.2. The average molecular weight is 276 g/mol. The van der Waals surface area contributed by atoms with Gasteiger partial charge >= 0.3 is 0 Å². The number of nitrogen functional groups attached to an aromatic ring is 1. The molecule has 0 saturated heterocycles. The van der Waals surface area contributed by atoms with Crippen LogP contribution >= 0.6 is 0 Å². The van der Waals surface area contributed by atoms with Crippen molar-refractivity contribution in [2.24, 2.45) is 0 Å². The quantitative estimate of drug-likeness (QED) is 0.566. The number of unbranched alkanes of at least 4 members (excludes halogenated alkanes) is 3. The zero-order chi connectivity index (χ0) is 14.4. The predicted octanol–water partition coefficient (Wildman–Crippen LogP) is 3.12. The highest BCUT2D eigenvalue weighted by molar-refractivity contribution is 5.95. The molecule has 2 rings (SSSR count). The molecule has 0 radical (unpaired) electrons. The molecule has 0 atom stereocenters. The van der Waals surface area contributed by atoms with Crippen molar-refractivity contribution < 1.29 is 9.53 Å². The number of ether oxygens (including phenoxy) is 1. The second-order valence-corrected chi connectivity index (χ2v) is 5.41. The molecule has 1 aromatic rings. The molecule has 1 fully saturated rings. The third kappa shape index (κ3) is 4.44. The molecule has 4 nitrogen and oxygen atoms in total. The number of benzene rings is 1. The molecule has 1 aliphatic rings. The number of anilines is 1. The van der Waals surface area contributed by atoms with Crippen molar-refractivity contribution in [3.8, 4) is 5.75 Å². The summed E-state index contributed by atoms with van der Waals surface area (Å²) in [4.78, 5) is 12.0. The Morgan fingerprint density at radius 3 is 2.85 bits per heavy atom. The molecule has 0 aromatic heterocycles. The van der Waals surface area contributed by atoms with Crippen LogP contribution in [0.1, 0.15) is 55.8 Å². The van der Waals surface area contributed by atoms with Crippen molar-refractivity contribution in [1.82, 2.24) is 5.32 Å². The predicted molar refractivity (Wildman–Crippen MR) is 81.0 cm³/mol. The van der Waals surface area contributed by atoms with E-state index >= 15 is 0 Å². The van der Waals surface area contributed by atoms with E-state index in [0.717, 1.165) is 25.7 Å². The van der Waals surface area contributed by atoms with Gasteiger partial charge in [-0.3, -0.25) is 4.79 Å². The van der Waals surface area contributed by atoms with Crippen molar-refractivity contribution in [3.05, 3.63) is 23.8 Å². The van der Waals surface area contributed by atoms with Gasteiger partial charge in [-0.1, -0.05) is 26.2 Å². The monoisotopic (exact) mass is 276 g/mol. The van der Waals surface area contributed by atoms with Gasteiger partial charge in [-0.25, -0.2) is 0 Å². The van der Waals surface area contributed by atoms with Crippen molar-refractivity contribution in [2.45, 2.75) is 51.5 Å². The summed E-state index contributed by atoms with van der Waals surface area (Å²) in [5, 5.41) is 2.97. The molecule has 0 unspecified atom stereocenters. The molecule has 1 aromatic carbocycles. The SMILES string of the molecule is CCCCCCOc1cc(C(=O)NC2CC2)ccc1N. The lowest BCUT2D eigenvalue weighted by Gasteiger charge is -2.11. The van der Waals surface area contributed by atoms with Gasteiger partial charge in [-0.05, 0) is 37.5 Å². The fourth-order valence-electron chi connectivity index (χ4n) is 2.01. The second kappa shape index (κ2) is 7.17. The van der Waals surface area contributed by atoms with E-state index in [2.05, 4.69) is 12.2 Å². The Hall–Kier alpha value is -1.71. The van der Waals surface area contributed by atoms with Gasteiger partial charge in [0.1, 0.15) is 5.75 Å². The lowest BCUT2D eigenvalue weighted by molar-refractivity contribution is 0.0950. The van der Waals surface area contributed by atoms with Crippen LogP contribution in [-0.4, -0.2) is 18.6 Å². The van der Waals surface area contributed by atoms with E-state index in [-0.39, 0.29) is 5.91 Å². The molecular weight excluding hydrogens is 252 g/mol. The zero-order valence-electron chi connectivity index (χ0n) is 12.2. The minimum absolute atomic E-state index is 0.0386. The van der Waals surface area contributed by atoms with E-state index in [1.807, 2.05) is 0 Å². The maximum atomic E-state index is 12.0. The van der Waals surface area contributed by atoms with Gasteiger partial charge in [0.25, 0.3) is 5.91 Å². The van der Waals surface area contributed by atoms with E-state index in [1.54, 1.807) is 18.2 Å². The number of carbonyl (C=O) groups excluding carboxylic acids is 1. The van der Waals surface area contributed by atoms with Crippen LogP contribution in [0.2, 0.25) is 0 Å². The molecule has 1 amide bonds. The largest absolute Gasteiger partial charge is 0.491 e. The highest BCUT2D eigenvalue weighted by Gasteiger charge is 2.24. The van der Waals surface area contributed by atoms with Gasteiger partial charge in [0, 0.05) is 11.6 Å². The summed E-state index contributed by atoms with van der Waals surface area (Å²) in [6.07, 6.45) is 6.79. The van der Waals surface area contributed by atoms with Crippen LogP contribution in [-0.2, 0) is 0 Å². The third-order valence-electron chi connectivity index (χ3n) is 3.44. The number of nitrogens with one attached hydrogen (secondary N) is 1. The minimum atomic E-state index is -0.0386. The van der Waals surface area contributed by atoms with Crippen LogP contribution < -0.4 is 15.8 Å². The van der Waals surface area contributed by atoms with Crippen molar-refractivity contribution in [3.63, 3.8) is 0 Å². The normalized spacial score (nSPS) is 14.1. The first kappa shape index (κ1) is 14.7. The van der Waals surface area contributed by atoms with Crippen LogP contribution in [0.15, 0.2) is 18.2 Å². The first-order chi connectivity index (χ1) is 9.70. The molecular formula is C16H24N2O2. The van der Waals surface area contributed by atoms with Crippen LogP contribution in [0, 0.1) is 0 Å². The summed E-state index contributed by atoms with van der Waals surface area (Å²) in [7, 11) is 0. The number of carbonyl (C=O) groups is 1. The van der Waals surface area contributed by atoms with E-state index in [1.165, 1.54) is 12.8 Å². The highest BCUT2D eigenvalue weighted by atomic mass is 16.5. The molecule has 20 heavy (non-hydrogen) atoms. The number of hydrogen-bond donors (Lipinski definition) is 2. The molecule has 0 bridgehead atoms. The van der Waals surface area contributed by atoms with Gasteiger partial charge in [-0.15, -0.1) is 0 Å². The maximum absolute atomic E-state index is 12.0. The van der Waals surface area contributed by atoms with Crippen molar-refractivity contribution >= 4 is 11.6 Å². The van der Waals surface area contributed by atoms with Crippen LogP contribution in [0.3, 0.4) is 0 Å². The Bertz CT molecular complexity index is 456. The topological polar surface area (TPSA) is 64.3 Å². The van der Waals surface area contributed by atoms with Gasteiger partial charge in [-0.2, -0.15) is 0 Å². The summed E-state index contributed by atoms with van der Waals surface area (Å²) >= 11 is 0. The first-order valence-corrected chi connectivity index (χ1v) is 7.54. The molecule has 1 saturated carbocycles. The third-order valence-corrected chi connectivity index (χ3v) is 3.44. The van der Waals surface area contributed by atoms with Gasteiger partial charge < -0.3 is 15.8 Å². The summed E-state index contributed by atoms with van der Waals surface area (Å²) in [6, 6.07) is 5.59. The maximum Gasteiger partial charge on any atom is 0.251 e. The summed E-state index contributed by atoms with van der Waals surface area (Å²) < 4.78 is 5.69. The van der Waals surface area contributed by atoms with Gasteiger partial charge in [0.2, 0.25) is 0 Å². The lowest BCUT2D eigenvalue weighted by atomic mass is 10.1. The Morgan fingerprint density at radius 1 is 1.35 bits per heavy atom. The molecule has 0 aliphatic heterocycles. The molecule has 1 aliphatic carbocycles. The number of hydrogen-bond acceptors (Lipinski definition) is 3. The standard InChI is InChI=1S/C16H24N2O2/c1-2-3-4-5-10-20-15-11-12(6-9-14(15)17)16(19)18-13-7-8-13/h6,9,11,13H,2-5,7-8,10,17H2,1H3,(H,18,19). The Balaban J connectivity index is 1.88. The minimum Gasteiger partial charge on any atom is -0.491 e.